The number of nitrogens with two attached hydrogens (primary N) is 1. The lowest BCUT2D eigenvalue weighted by Gasteiger charge is -2.15. The lowest BCUT2D eigenvalue weighted by Crippen LogP contribution is -2.23. The van der Waals surface area contributed by atoms with E-state index in [2.05, 4.69) is 9.97 Å². The minimum Gasteiger partial charge on any atom is -0.383 e. The number of aryl methyl sites for hydroxylation is 2. The summed E-state index contributed by atoms with van der Waals surface area (Å²) in [6.07, 6.45) is 0.236. The molecule has 0 saturated carbocycles. The van der Waals surface area contributed by atoms with E-state index in [4.69, 9.17) is 5.73 Å². The molecule has 0 radical (unpaired) electrons. The third-order valence-corrected chi connectivity index (χ3v) is 4.36. The molecule has 0 spiro atoms. The smallest absolute Gasteiger partial charge is 0.145 e. The molecule has 0 bridgehead atoms. The van der Waals surface area contributed by atoms with Gasteiger partial charge in [0, 0.05) is 10.3 Å². The van der Waals surface area contributed by atoms with E-state index in [9.17, 15) is 4.79 Å². The Bertz CT molecular complexity index is 653. The number of fused-ring (bicyclic) bond motifs is 1. The molecule has 0 aromatic carbocycles. The average Bonchev–Trinajstić information content (AvgIpc) is 2.53. The fourth-order valence-electron chi connectivity index (χ4n) is 1.81. The molecule has 19 heavy (non-hydrogen) atoms. The monoisotopic (exact) mass is 277 g/mol. The molecule has 0 saturated heterocycles. The Balaban J connectivity index is 2.45. The topological polar surface area (TPSA) is 68.9 Å². The third kappa shape index (κ3) is 2.61. The molecule has 0 aliphatic heterocycles. The molecule has 2 heterocycles. The van der Waals surface area contributed by atoms with Crippen LogP contribution in [0.4, 0.5) is 5.82 Å². The standard InChI is InChI=1S/C14H19N3OS/c1-7-8(2)19-13-11(7)12(15)16-10(17-13)6-9(18)14(3,4)5/h6H2,1-5H3,(H2,15,16,17). The summed E-state index contributed by atoms with van der Waals surface area (Å²) in [6.45, 7) is 9.76. The predicted octanol–water partition coefficient (Wildman–Crippen LogP) is 3.05. The number of hydrogen-bond donors (Lipinski definition) is 1. The predicted molar refractivity (Wildman–Crippen MR) is 79.5 cm³/mol. The van der Waals surface area contributed by atoms with Crippen LogP contribution in [0.25, 0.3) is 10.2 Å². The highest BCUT2D eigenvalue weighted by atomic mass is 32.1. The number of Topliss-reactive ketones (excluding diaryl/α,β-unsaturated/α-hetero) is 1. The van der Waals surface area contributed by atoms with Gasteiger partial charge in [-0.1, -0.05) is 20.8 Å². The molecule has 0 unspecified atom stereocenters. The van der Waals surface area contributed by atoms with Gasteiger partial charge in [-0.25, -0.2) is 9.97 Å². The second-order valence-electron chi connectivity index (χ2n) is 5.84. The normalized spacial score (nSPS) is 12.1. The quantitative estimate of drug-likeness (QED) is 0.916. The zero-order chi connectivity index (χ0) is 14.4. The molecular formula is C14H19N3OS. The Morgan fingerprint density at radius 2 is 1.89 bits per heavy atom. The highest BCUT2D eigenvalue weighted by molar-refractivity contribution is 7.18. The van der Waals surface area contributed by atoms with Crippen LogP contribution in [0.15, 0.2) is 0 Å². The summed E-state index contributed by atoms with van der Waals surface area (Å²) < 4.78 is 0. The molecule has 102 valence electrons. The Morgan fingerprint density at radius 3 is 2.47 bits per heavy atom. The van der Waals surface area contributed by atoms with Crippen LogP contribution >= 0.6 is 11.3 Å². The van der Waals surface area contributed by atoms with Gasteiger partial charge in [-0.2, -0.15) is 0 Å². The molecule has 0 aliphatic carbocycles. The van der Waals surface area contributed by atoms with Crippen molar-refractivity contribution in [1.29, 1.82) is 0 Å². The minimum absolute atomic E-state index is 0.122. The molecule has 0 fully saturated rings. The maximum absolute atomic E-state index is 12.0. The SMILES string of the molecule is Cc1sc2nc(CC(=O)C(C)(C)C)nc(N)c2c1C. The number of aromatic nitrogens is 2. The van der Waals surface area contributed by atoms with Crippen molar-refractivity contribution >= 4 is 33.2 Å². The molecule has 0 amide bonds. The maximum atomic E-state index is 12.0. The number of ketones is 1. The van der Waals surface area contributed by atoms with Gasteiger partial charge in [0.1, 0.15) is 22.3 Å². The molecule has 2 aromatic rings. The summed E-state index contributed by atoms with van der Waals surface area (Å²) in [6, 6.07) is 0. The summed E-state index contributed by atoms with van der Waals surface area (Å²) in [7, 11) is 0. The first-order valence-corrected chi connectivity index (χ1v) is 7.07. The van der Waals surface area contributed by atoms with Gasteiger partial charge in [0.25, 0.3) is 0 Å². The van der Waals surface area contributed by atoms with Crippen LogP contribution < -0.4 is 5.73 Å². The van der Waals surface area contributed by atoms with Crippen LogP contribution in [-0.2, 0) is 11.2 Å². The summed E-state index contributed by atoms with van der Waals surface area (Å²) in [4.78, 5) is 22.9. The van der Waals surface area contributed by atoms with Gasteiger partial charge in [-0.15, -0.1) is 11.3 Å². The van der Waals surface area contributed by atoms with Crippen LogP contribution in [0.3, 0.4) is 0 Å². The van der Waals surface area contributed by atoms with Crippen LogP contribution in [0.2, 0.25) is 0 Å². The molecule has 2 N–H and O–H groups in total. The fourth-order valence-corrected chi connectivity index (χ4v) is 2.87. The molecule has 0 aliphatic rings. The molecule has 0 atom stereocenters. The van der Waals surface area contributed by atoms with Crippen LogP contribution in [0.5, 0.6) is 0 Å². The Hall–Kier alpha value is -1.49. The van der Waals surface area contributed by atoms with Gasteiger partial charge < -0.3 is 5.73 Å². The summed E-state index contributed by atoms with van der Waals surface area (Å²) in [5.74, 6) is 1.12. The highest BCUT2D eigenvalue weighted by Crippen LogP contribution is 2.32. The summed E-state index contributed by atoms with van der Waals surface area (Å²) >= 11 is 1.60. The van der Waals surface area contributed by atoms with E-state index in [0.29, 0.717) is 11.6 Å². The van der Waals surface area contributed by atoms with E-state index in [1.54, 1.807) is 11.3 Å². The number of carbonyl (C=O) groups is 1. The van der Waals surface area contributed by atoms with Crippen molar-refractivity contribution in [3.05, 3.63) is 16.3 Å². The van der Waals surface area contributed by atoms with E-state index in [1.165, 1.54) is 4.88 Å². The first-order valence-electron chi connectivity index (χ1n) is 6.25. The van der Waals surface area contributed by atoms with Crippen molar-refractivity contribution in [1.82, 2.24) is 9.97 Å². The Labute approximate surface area is 117 Å². The van der Waals surface area contributed by atoms with Gasteiger partial charge >= 0.3 is 0 Å². The van der Waals surface area contributed by atoms with Crippen molar-refractivity contribution < 1.29 is 4.79 Å². The van der Waals surface area contributed by atoms with Gasteiger partial charge in [-0.3, -0.25) is 4.79 Å². The minimum atomic E-state index is -0.381. The maximum Gasteiger partial charge on any atom is 0.145 e. The van der Waals surface area contributed by atoms with Gasteiger partial charge in [-0.05, 0) is 19.4 Å². The largest absolute Gasteiger partial charge is 0.383 e. The number of anilines is 1. The summed E-state index contributed by atoms with van der Waals surface area (Å²) in [5, 5.41) is 0.925. The molecule has 5 heteroatoms. The van der Waals surface area contributed by atoms with Crippen molar-refractivity contribution in [2.24, 2.45) is 5.41 Å². The number of rotatable bonds is 2. The van der Waals surface area contributed by atoms with Crippen molar-refractivity contribution in [3.8, 4) is 0 Å². The highest BCUT2D eigenvalue weighted by Gasteiger charge is 2.23. The Kier molecular flexibility index (Phi) is 3.34. The number of carbonyl (C=O) groups excluding carboxylic acids is 1. The number of thiophene rings is 1. The zero-order valence-corrected chi connectivity index (χ0v) is 12.8. The number of nitrogen functional groups attached to an aromatic ring is 1. The van der Waals surface area contributed by atoms with Crippen molar-refractivity contribution in [2.45, 2.75) is 41.0 Å². The van der Waals surface area contributed by atoms with E-state index < -0.39 is 0 Å². The van der Waals surface area contributed by atoms with Crippen LogP contribution in [0.1, 0.15) is 37.0 Å². The van der Waals surface area contributed by atoms with Crippen molar-refractivity contribution in [3.63, 3.8) is 0 Å². The lowest BCUT2D eigenvalue weighted by atomic mass is 9.89. The van der Waals surface area contributed by atoms with Gasteiger partial charge in [0.15, 0.2) is 0 Å². The van der Waals surface area contributed by atoms with E-state index in [0.717, 1.165) is 15.8 Å². The number of nitrogens with zero attached hydrogens (tertiary/aromatic N) is 2. The average molecular weight is 277 g/mol. The lowest BCUT2D eigenvalue weighted by molar-refractivity contribution is -0.125. The number of hydrogen-bond acceptors (Lipinski definition) is 5. The molecular weight excluding hydrogens is 258 g/mol. The fraction of sp³-hybridized carbons (Fsp3) is 0.500. The summed E-state index contributed by atoms with van der Waals surface area (Å²) in [5.41, 5.74) is 6.75. The molecule has 4 nitrogen and oxygen atoms in total. The van der Waals surface area contributed by atoms with E-state index in [1.807, 2.05) is 34.6 Å². The second-order valence-corrected chi connectivity index (χ2v) is 7.04. The van der Waals surface area contributed by atoms with Crippen molar-refractivity contribution in [2.75, 3.05) is 5.73 Å². The first-order chi connectivity index (χ1) is 8.70. The van der Waals surface area contributed by atoms with Crippen LogP contribution in [0, 0.1) is 19.3 Å². The van der Waals surface area contributed by atoms with Gasteiger partial charge in [0.2, 0.25) is 0 Å². The van der Waals surface area contributed by atoms with Gasteiger partial charge in [0.05, 0.1) is 11.8 Å². The van der Waals surface area contributed by atoms with E-state index >= 15 is 0 Å². The van der Waals surface area contributed by atoms with Crippen LogP contribution in [-0.4, -0.2) is 15.8 Å². The third-order valence-electron chi connectivity index (χ3n) is 3.26. The molecule has 2 rings (SSSR count). The first kappa shape index (κ1) is 13.9. The molecule has 2 aromatic heterocycles. The zero-order valence-electron chi connectivity index (χ0n) is 12.0. The Morgan fingerprint density at radius 1 is 1.26 bits per heavy atom. The second kappa shape index (κ2) is 4.56. The van der Waals surface area contributed by atoms with E-state index in [-0.39, 0.29) is 17.6 Å².